The molecule has 0 fully saturated rings. The van der Waals surface area contributed by atoms with Crippen LogP contribution < -0.4 is 0 Å². The van der Waals surface area contributed by atoms with E-state index in [-0.39, 0.29) is 18.0 Å². The number of hydrogen-bond donors (Lipinski definition) is 0. The molecule has 0 aromatic carbocycles. The summed E-state index contributed by atoms with van der Waals surface area (Å²) in [6.45, 7) is 14.4. The van der Waals surface area contributed by atoms with Gasteiger partial charge in [0.25, 0.3) is 8.53 Å². The number of ether oxygens (including phenoxy) is 2. The van der Waals surface area contributed by atoms with Crippen molar-refractivity contribution in [3.05, 3.63) is 0 Å². The van der Waals surface area contributed by atoms with Crippen LogP contribution in [0.2, 0.25) is 0 Å². The molecule has 0 aliphatic carbocycles. The third-order valence-corrected chi connectivity index (χ3v) is 5.80. The Labute approximate surface area is 169 Å². The van der Waals surface area contributed by atoms with Crippen LogP contribution in [0.25, 0.3) is 0 Å². The summed E-state index contributed by atoms with van der Waals surface area (Å²) in [5, 5.41) is 8.81. The SMILES string of the molecule is [2H]CCCOCC(COCCCC)COP(OCCC#N)N(C(C)C)C(C)C. The molecule has 0 amide bonds. The highest BCUT2D eigenvalue weighted by atomic mass is 31.2. The minimum absolute atomic E-state index is 0.119. The Balaban J connectivity index is 4.79. The van der Waals surface area contributed by atoms with E-state index in [1.54, 1.807) is 0 Å². The smallest absolute Gasteiger partial charge is 0.259 e. The van der Waals surface area contributed by atoms with Crippen LogP contribution in [0.5, 0.6) is 0 Å². The Kier molecular flexibility index (Phi) is 16.3. The molecule has 0 radical (unpaired) electrons. The van der Waals surface area contributed by atoms with Gasteiger partial charge < -0.3 is 18.5 Å². The van der Waals surface area contributed by atoms with Crippen molar-refractivity contribution in [2.45, 2.75) is 79.3 Å². The molecule has 0 aromatic rings. The zero-order chi connectivity index (χ0) is 21.2. The van der Waals surface area contributed by atoms with Crippen molar-refractivity contribution in [3.63, 3.8) is 0 Å². The lowest BCUT2D eigenvalue weighted by Gasteiger charge is -2.36. The van der Waals surface area contributed by atoms with Gasteiger partial charge >= 0.3 is 0 Å². The molecule has 160 valence electrons. The number of rotatable bonds is 18. The number of nitriles is 1. The summed E-state index contributed by atoms with van der Waals surface area (Å²) in [4.78, 5) is 0. The van der Waals surface area contributed by atoms with E-state index in [0.717, 1.165) is 25.9 Å². The summed E-state index contributed by atoms with van der Waals surface area (Å²) >= 11 is 0. The first-order chi connectivity index (χ1) is 13.5. The normalized spacial score (nSPS) is 14.6. The lowest BCUT2D eigenvalue weighted by molar-refractivity contribution is 0.0167. The molecule has 0 heterocycles. The Bertz CT molecular complexity index is 377. The Morgan fingerprint density at radius 3 is 2.19 bits per heavy atom. The predicted molar refractivity (Wildman–Crippen MR) is 111 cm³/mol. The second-order valence-electron chi connectivity index (χ2n) is 7.07. The summed E-state index contributed by atoms with van der Waals surface area (Å²) in [6, 6.07) is 2.68. The Hall–Kier alpha value is -0.280. The van der Waals surface area contributed by atoms with Gasteiger partial charge in [-0.25, -0.2) is 4.67 Å². The molecule has 6 nitrogen and oxygen atoms in total. The van der Waals surface area contributed by atoms with Gasteiger partial charge in [-0.3, -0.25) is 0 Å². The van der Waals surface area contributed by atoms with Crippen molar-refractivity contribution in [1.82, 2.24) is 4.67 Å². The van der Waals surface area contributed by atoms with Crippen LogP contribution in [-0.4, -0.2) is 56.4 Å². The van der Waals surface area contributed by atoms with Gasteiger partial charge in [0.15, 0.2) is 0 Å². The Morgan fingerprint density at radius 2 is 1.63 bits per heavy atom. The third-order valence-electron chi connectivity index (χ3n) is 3.72. The summed E-state index contributed by atoms with van der Waals surface area (Å²) in [7, 11) is -1.25. The van der Waals surface area contributed by atoms with E-state index >= 15 is 0 Å². The molecule has 0 saturated carbocycles. The van der Waals surface area contributed by atoms with Crippen LogP contribution in [0.1, 0.15) is 68.6 Å². The summed E-state index contributed by atoms with van der Waals surface area (Å²) in [5.74, 6) is 0.119. The van der Waals surface area contributed by atoms with Gasteiger partial charge in [-0.2, -0.15) is 5.26 Å². The van der Waals surface area contributed by atoms with Gasteiger partial charge in [0.05, 0.1) is 38.9 Å². The minimum Gasteiger partial charge on any atom is -0.381 e. The van der Waals surface area contributed by atoms with Gasteiger partial charge in [0.1, 0.15) is 0 Å². The van der Waals surface area contributed by atoms with Gasteiger partial charge in [-0.05, 0) is 40.5 Å². The van der Waals surface area contributed by atoms with Gasteiger partial charge in [0, 0.05) is 32.6 Å². The fourth-order valence-corrected chi connectivity index (χ4v) is 4.16. The molecule has 0 spiro atoms. The average molecular weight is 406 g/mol. The molecular weight excluding hydrogens is 363 g/mol. The van der Waals surface area contributed by atoms with Crippen LogP contribution in [0.4, 0.5) is 0 Å². The first-order valence-corrected chi connectivity index (χ1v) is 11.3. The van der Waals surface area contributed by atoms with E-state index in [0.29, 0.717) is 46.4 Å². The van der Waals surface area contributed by atoms with Crippen LogP contribution in [0, 0.1) is 17.2 Å². The van der Waals surface area contributed by atoms with Crippen LogP contribution >= 0.6 is 8.53 Å². The van der Waals surface area contributed by atoms with E-state index in [1.807, 2.05) is 0 Å². The van der Waals surface area contributed by atoms with Gasteiger partial charge in [0.2, 0.25) is 0 Å². The fourth-order valence-electron chi connectivity index (χ4n) is 2.48. The van der Waals surface area contributed by atoms with E-state index in [4.69, 9.17) is 25.2 Å². The number of nitrogens with zero attached hydrogens (tertiary/aromatic N) is 2. The molecule has 0 bridgehead atoms. The molecule has 7 heteroatoms. The van der Waals surface area contributed by atoms with Gasteiger partial charge in [-0.1, -0.05) is 20.2 Å². The standard InChI is InChI=1S/C20H41N2O4P/c1-7-9-13-24-16-20(15-23-12-8-2)17-26-27(25-14-10-11-21)22(18(3)4)19(5)6/h18-20H,7-10,12-17H2,1-6H3/i2D. The maximum Gasteiger partial charge on any atom is 0.259 e. The first-order valence-electron chi connectivity index (χ1n) is 10.8. The molecule has 0 N–H and O–H groups in total. The van der Waals surface area contributed by atoms with E-state index in [1.165, 1.54) is 0 Å². The molecule has 0 saturated heterocycles. The fraction of sp³-hybridized carbons (Fsp3) is 0.950. The van der Waals surface area contributed by atoms with Crippen molar-refractivity contribution in [1.29, 1.82) is 5.26 Å². The molecule has 0 aliphatic heterocycles. The molecule has 2 unspecified atom stereocenters. The van der Waals surface area contributed by atoms with E-state index in [2.05, 4.69) is 45.4 Å². The summed E-state index contributed by atoms with van der Waals surface area (Å²) in [6.07, 6.45) is 3.25. The Morgan fingerprint density at radius 1 is 0.963 bits per heavy atom. The lowest BCUT2D eigenvalue weighted by atomic mass is 10.2. The van der Waals surface area contributed by atoms with Crippen LogP contribution in [-0.2, 0) is 18.5 Å². The highest BCUT2D eigenvalue weighted by molar-refractivity contribution is 7.44. The average Bonchev–Trinajstić information content (AvgIpc) is 2.65. The van der Waals surface area contributed by atoms with Crippen LogP contribution in [0.15, 0.2) is 0 Å². The minimum atomic E-state index is -1.25. The van der Waals surface area contributed by atoms with Gasteiger partial charge in [-0.15, -0.1) is 0 Å². The maximum atomic E-state index is 8.81. The second-order valence-corrected chi connectivity index (χ2v) is 8.52. The number of hydrogen-bond acceptors (Lipinski definition) is 6. The monoisotopic (exact) mass is 405 g/mol. The molecule has 2 atom stereocenters. The van der Waals surface area contributed by atoms with Crippen molar-refractivity contribution in [2.24, 2.45) is 5.92 Å². The molecule has 0 aliphatic rings. The van der Waals surface area contributed by atoms with Crippen molar-refractivity contribution in [2.75, 3.05) is 39.6 Å². The summed E-state index contributed by atoms with van der Waals surface area (Å²) in [5.41, 5.74) is 0. The van der Waals surface area contributed by atoms with Crippen LogP contribution in [0.3, 0.4) is 0 Å². The topological polar surface area (TPSA) is 64.0 Å². The molecule has 27 heavy (non-hydrogen) atoms. The quantitative estimate of drug-likeness (QED) is 0.232. The zero-order valence-electron chi connectivity index (χ0n) is 19.0. The largest absolute Gasteiger partial charge is 0.381 e. The molecular formula is C20H41N2O4P. The highest BCUT2D eigenvalue weighted by Gasteiger charge is 2.28. The lowest BCUT2D eigenvalue weighted by Crippen LogP contribution is -2.34. The second kappa shape index (κ2) is 17.8. The molecule has 0 aromatic heterocycles. The molecule has 0 rings (SSSR count). The summed E-state index contributed by atoms with van der Waals surface area (Å²) < 4.78 is 33.1. The van der Waals surface area contributed by atoms with E-state index in [9.17, 15) is 0 Å². The third kappa shape index (κ3) is 13.5. The van der Waals surface area contributed by atoms with Crippen molar-refractivity contribution < 1.29 is 19.9 Å². The predicted octanol–water partition coefficient (Wildman–Crippen LogP) is 5.14. The highest BCUT2D eigenvalue weighted by Crippen LogP contribution is 2.46. The first kappa shape index (κ1) is 24.8. The zero-order valence-corrected chi connectivity index (χ0v) is 18.9. The maximum absolute atomic E-state index is 8.81. The number of unbranched alkanes of at least 4 members (excludes halogenated alkanes) is 1. The van der Waals surface area contributed by atoms with Crippen molar-refractivity contribution >= 4 is 8.53 Å². The van der Waals surface area contributed by atoms with Crippen molar-refractivity contribution in [3.8, 4) is 6.07 Å². The van der Waals surface area contributed by atoms with E-state index < -0.39 is 8.53 Å².